The van der Waals surface area contributed by atoms with Gasteiger partial charge in [-0.25, -0.2) is 4.39 Å². The number of piperidine rings is 1. The summed E-state index contributed by atoms with van der Waals surface area (Å²) in [5.41, 5.74) is -1.61. The highest BCUT2D eigenvalue weighted by Gasteiger charge is 2.34. The van der Waals surface area contributed by atoms with Gasteiger partial charge >= 0.3 is 6.18 Å². The van der Waals surface area contributed by atoms with Crippen LogP contribution in [0, 0.1) is 11.7 Å². The zero-order chi connectivity index (χ0) is 15.5. The normalized spacial score (nSPS) is 19.3. The van der Waals surface area contributed by atoms with Crippen LogP contribution in [0.1, 0.15) is 28.8 Å². The van der Waals surface area contributed by atoms with Crippen LogP contribution in [0.4, 0.5) is 17.6 Å². The maximum atomic E-state index is 13.1. The summed E-state index contributed by atoms with van der Waals surface area (Å²) in [6.07, 6.45) is -2.84. The summed E-state index contributed by atoms with van der Waals surface area (Å²) >= 11 is 0. The highest BCUT2D eigenvalue weighted by atomic mass is 19.4. The van der Waals surface area contributed by atoms with Gasteiger partial charge in [-0.05, 0) is 50.0 Å². The third kappa shape index (κ3) is 4.17. The molecule has 1 amide bonds. The van der Waals surface area contributed by atoms with Crippen molar-refractivity contribution in [1.82, 2.24) is 10.6 Å². The molecule has 0 aromatic heterocycles. The minimum absolute atomic E-state index is 0.188. The molecule has 0 aliphatic carbocycles. The van der Waals surface area contributed by atoms with Crippen LogP contribution in [0.5, 0.6) is 0 Å². The summed E-state index contributed by atoms with van der Waals surface area (Å²) in [5, 5.41) is 5.78. The summed E-state index contributed by atoms with van der Waals surface area (Å²) in [6, 6.07) is 2.27. The first kappa shape index (κ1) is 15.8. The molecule has 2 rings (SSSR count). The van der Waals surface area contributed by atoms with E-state index in [0.717, 1.165) is 32.0 Å². The van der Waals surface area contributed by atoms with Gasteiger partial charge in [0.05, 0.1) is 5.56 Å². The van der Waals surface area contributed by atoms with Crippen LogP contribution in [-0.2, 0) is 6.18 Å². The maximum Gasteiger partial charge on any atom is 0.419 e. The number of benzene rings is 1. The van der Waals surface area contributed by atoms with Crippen LogP contribution in [0.25, 0.3) is 0 Å². The molecule has 116 valence electrons. The van der Waals surface area contributed by atoms with Crippen LogP contribution in [-0.4, -0.2) is 25.5 Å². The van der Waals surface area contributed by atoms with E-state index in [-0.39, 0.29) is 11.5 Å². The van der Waals surface area contributed by atoms with E-state index in [1.165, 1.54) is 0 Å². The SMILES string of the molecule is O=C(NCC1CCCNC1)c1ccc(F)c(C(F)(F)F)c1. The Balaban J connectivity index is 2.02. The highest BCUT2D eigenvalue weighted by molar-refractivity contribution is 5.94. The lowest BCUT2D eigenvalue weighted by atomic mass is 9.99. The van der Waals surface area contributed by atoms with E-state index >= 15 is 0 Å². The van der Waals surface area contributed by atoms with Gasteiger partial charge in [-0.3, -0.25) is 4.79 Å². The Hall–Kier alpha value is -1.63. The molecular formula is C14H16F4N2O. The molecule has 0 spiro atoms. The Bertz CT molecular complexity index is 510. The Morgan fingerprint density at radius 2 is 2.14 bits per heavy atom. The molecule has 1 unspecified atom stereocenters. The molecule has 1 aliphatic rings. The zero-order valence-corrected chi connectivity index (χ0v) is 11.3. The average Bonchev–Trinajstić information content (AvgIpc) is 2.45. The van der Waals surface area contributed by atoms with Crippen LogP contribution in [0.2, 0.25) is 0 Å². The van der Waals surface area contributed by atoms with Gasteiger partial charge in [-0.2, -0.15) is 13.2 Å². The number of halogens is 4. The summed E-state index contributed by atoms with van der Waals surface area (Å²) in [6.45, 7) is 2.11. The predicted molar refractivity (Wildman–Crippen MR) is 69.3 cm³/mol. The average molecular weight is 304 g/mol. The quantitative estimate of drug-likeness (QED) is 0.843. The first-order chi connectivity index (χ1) is 9.88. The first-order valence-corrected chi connectivity index (χ1v) is 6.73. The van der Waals surface area contributed by atoms with Crippen molar-refractivity contribution in [3.63, 3.8) is 0 Å². The van der Waals surface area contributed by atoms with Crippen molar-refractivity contribution in [1.29, 1.82) is 0 Å². The number of carbonyl (C=O) groups is 1. The minimum atomic E-state index is -4.81. The monoisotopic (exact) mass is 304 g/mol. The molecular weight excluding hydrogens is 288 g/mol. The second kappa shape index (κ2) is 6.43. The van der Waals surface area contributed by atoms with Crippen molar-refractivity contribution in [2.75, 3.05) is 19.6 Å². The molecule has 0 saturated carbocycles. The number of amides is 1. The summed E-state index contributed by atoms with van der Waals surface area (Å²) in [4.78, 5) is 11.9. The van der Waals surface area contributed by atoms with E-state index in [0.29, 0.717) is 18.7 Å². The molecule has 3 nitrogen and oxygen atoms in total. The van der Waals surface area contributed by atoms with E-state index in [1.807, 2.05) is 0 Å². The fourth-order valence-electron chi connectivity index (χ4n) is 2.32. The number of carbonyl (C=O) groups excluding carboxylic acids is 1. The van der Waals surface area contributed by atoms with Crippen LogP contribution in [0.15, 0.2) is 18.2 Å². The second-order valence-electron chi connectivity index (χ2n) is 5.11. The molecule has 0 radical (unpaired) electrons. The lowest BCUT2D eigenvalue weighted by Gasteiger charge is -2.22. The second-order valence-corrected chi connectivity index (χ2v) is 5.11. The number of hydrogen-bond acceptors (Lipinski definition) is 2. The van der Waals surface area contributed by atoms with Gasteiger partial charge in [0, 0.05) is 12.1 Å². The predicted octanol–water partition coefficient (Wildman–Crippen LogP) is 2.57. The van der Waals surface area contributed by atoms with Gasteiger partial charge in [-0.1, -0.05) is 0 Å². The van der Waals surface area contributed by atoms with E-state index in [1.54, 1.807) is 0 Å². The maximum absolute atomic E-state index is 13.1. The minimum Gasteiger partial charge on any atom is -0.352 e. The largest absolute Gasteiger partial charge is 0.419 e. The van der Waals surface area contributed by atoms with Gasteiger partial charge in [0.1, 0.15) is 5.82 Å². The lowest BCUT2D eigenvalue weighted by molar-refractivity contribution is -0.140. The molecule has 0 bridgehead atoms. The van der Waals surface area contributed by atoms with Crippen LogP contribution < -0.4 is 10.6 Å². The highest BCUT2D eigenvalue weighted by Crippen LogP contribution is 2.31. The smallest absolute Gasteiger partial charge is 0.352 e. The van der Waals surface area contributed by atoms with Crippen LogP contribution in [0.3, 0.4) is 0 Å². The Kier molecular flexibility index (Phi) is 4.82. The molecule has 1 aromatic carbocycles. The zero-order valence-electron chi connectivity index (χ0n) is 11.3. The van der Waals surface area contributed by atoms with Gasteiger partial charge in [-0.15, -0.1) is 0 Å². The van der Waals surface area contributed by atoms with E-state index in [2.05, 4.69) is 10.6 Å². The number of nitrogens with one attached hydrogen (secondary N) is 2. The van der Waals surface area contributed by atoms with Crippen molar-refractivity contribution < 1.29 is 22.4 Å². The van der Waals surface area contributed by atoms with E-state index in [9.17, 15) is 22.4 Å². The van der Waals surface area contributed by atoms with Gasteiger partial charge < -0.3 is 10.6 Å². The Morgan fingerprint density at radius 3 is 2.76 bits per heavy atom. The van der Waals surface area contributed by atoms with Crippen molar-refractivity contribution in [3.8, 4) is 0 Å². The molecule has 1 fully saturated rings. The van der Waals surface area contributed by atoms with Gasteiger partial charge in [0.25, 0.3) is 5.91 Å². The van der Waals surface area contributed by atoms with Gasteiger partial charge in [0.2, 0.25) is 0 Å². The molecule has 1 heterocycles. The van der Waals surface area contributed by atoms with Gasteiger partial charge in [0.15, 0.2) is 0 Å². The third-order valence-corrected chi connectivity index (χ3v) is 3.48. The standard InChI is InChI=1S/C14H16F4N2O/c15-12-4-3-10(6-11(12)14(16,17)18)13(21)20-8-9-2-1-5-19-7-9/h3-4,6,9,19H,1-2,5,7-8H2,(H,20,21). The summed E-state index contributed by atoms with van der Waals surface area (Å²) in [7, 11) is 0. The molecule has 1 saturated heterocycles. The Labute approximate surface area is 119 Å². The summed E-state index contributed by atoms with van der Waals surface area (Å²) < 4.78 is 50.9. The molecule has 1 aromatic rings. The molecule has 7 heteroatoms. The fourth-order valence-corrected chi connectivity index (χ4v) is 2.32. The van der Waals surface area contributed by atoms with Crippen LogP contribution >= 0.6 is 0 Å². The molecule has 2 N–H and O–H groups in total. The van der Waals surface area contributed by atoms with Crippen molar-refractivity contribution in [2.45, 2.75) is 19.0 Å². The molecule has 21 heavy (non-hydrogen) atoms. The van der Waals surface area contributed by atoms with E-state index < -0.39 is 23.5 Å². The number of hydrogen-bond donors (Lipinski definition) is 2. The number of rotatable bonds is 3. The van der Waals surface area contributed by atoms with Crippen molar-refractivity contribution in [3.05, 3.63) is 35.1 Å². The fraction of sp³-hybridized carbons (Fsp3) is 0.500. The first-order valence-electron chi connectivity index (χ1n) is 6.73. The number of alkyl halides is 3. The van der Waals surface area contributed by atoms with E-state index in [4.69, 9.17) is 0 Å². The topological polar surface area (TPSA) is 41.1 Å². The van der Waals surface area contributed by atoms with Crippen molar-refractivity contribution in [2.24, 2.45) is 5.92 Å². The third-order valence-electron chi connectivity index (χ3n) is 3.48. The lowest BCUT2D eigenvalue weighted by Crippen LogP contribution is -2.38. The molecule has 1 aliphatic heterocycles. The van der Waals surface area contributed by atoms with Crippen molar-refractivity contribution >= 4 is 5.91 Å². The summed E-state index contributed by atoms with van der Waals surface area (Å²) in [5.74, 6) is -1.73. The molecule has 1 atom stereocenters. The Morgan fingerprint density at radius 1 is 1.38 bits per heavy atom.